The molecule has 0 saturated carbocycles. The zero-order chi connectivity index (χ0) is 27.8. The van der Waals surface area contributed by atoms with Gasteiger partial charge in [0.1, 0.15) is 11.8 Å². The van der Waals surface area contributed by atoms with Gasteiger partial charge in [0.15, 0.2) is 16.6 Å². The number of ether oxygens (including phenoxy) is 3. The Morgan fingerprint density at radius 1 is 1.00 bits per heavy atom. The Bertz CT molecular complexity index is 1300. The van der Waals surface area contributed by atoms with E-state index in [9.17, 15) is 9.59 Å². The Hall–Kier alpha value is -4.11. The summed E-state index contributed by atoms with van der Waals surface area (Å²) in [4.78, 5) is 29.8. The molecular weight excluding hydrogens is 514 g/mol. The Morgan fingerprint density at radius 3 is 2.38 bits per heavy atom. The van der Waals surface area contributed by atoms with Crippen LogP contribution in [-0.2, 0) is 16.0 Å². The van der Waals surface area contributed by atoms with Crippen LogP contribution in [-0.4, -0.2) is 55.2 Å². The topological polar surface area (TPSA) is 80.3 Å². The number of methoxy groups -OCH3 is 2. The fraction of sp³-hybridized carbons (Fsp3) is 0.300. The van der Waals surface area contributed by atoms with E-state index in [0.29, 0.717) is 47.6 Å². The van der Waals surface area contributed by atoms with Crippen molar-refractivity contribution < 1.29 is 23.8 Å². The van der Waals surface area contributed by atoms with Crippen molar-refractivity contribution in [2.24, 2.45) is 0 Å². The molecule has 1 fully saturated rings. The summed E-state index contributed by atoms with van der Waals surface area (Å²) in [6.07, 6.45) is 1.48. The van der Waals surface area contributed by atoms with Crippen molar-refractivity contribution in [1.82, 2.24) is 4.90 Å². The molecule has 1 unspecified atom stereocenters. The van der Waals surface area contributed by atoms with Crippen LogP contribution >= 0.6 is 12.2 Å². The van der Waals surface area contributed by atoms with Gasteiger partial charge in [0, 0.05) is 12.2 Å². The summed E-state index contributed by atoms with van der Waals surface area (Å²) in [5, 5.41) is 3.60. The minimum absolute atomic E-state index is 0.0233. The molecule has 0 spiro atoms. The monoisotopic (exact) mass is 547 g/mol. The zero-order valence-electron chi connectivity index (χ0n) is 22.4. The van der Waals surface area contributed by atoms with Gasteiger partial charge in [-0.3, -0.25) is 9.59 Å². The normalized spacial score (nSPS) is 14.7. The molecule has 0 bridgehead atoms. The van der Waals surface area contributed by atoms with Gasteiger partial charge >= 0.3 is 0 Å². The number of rotatable bonds is 11. The quantitative estimate of drug-likeness (QED) is 0.263. The molecule has 1 atom stereocenters. The van der Waals surface area contributed by atoms with E-state index in [1.807, 2.05) is 55.5 Å². The third kappa shape index (κ3) is 6.67. The van der Waals surface area contributed by atoms with E-state index < -0.39 is 6.04 Å². The first-order valence-corrected chi connectivity index (χ1v) is 13.3. The molecular formula is C30H33N3O5S. The molecule has 2 amide bonds. The molecule has 3 aromatic rings. The molecule has 8 nitrogen and oxygen atoms in total. The molecule has 0 aliphatic carbocycles. The summed E-state index contributed by atoms with van der Waals surface area (Å²) in [7, 11) is 3.18. The van der Waals surface area contributed by atoms with Crippen LogP contribution in [0.15, 0.2) is 72.8 Å². The van der Waals surface area contributed by atoms with Gasteiger partial charge in [0.25, 0.3) is 5.91 Å². The van der Waals surface area contributed by atoms with E-state index in [-0.39, 0.29) is 18.2 Å². The summed E-state index contributed by atoms with van der Waals surface area (Å²) in [6, 6.07) is 21.5. The van der Waals surface area contributed by atoms with Crippen LogP contribution in [0.5, 0.6) is 17.2 Å². The van der Waals surface area contributed by atoms with Crippen molar-refractivity contribution in [3.05, 3.63) is 78.4 Å². The summed E-state index contributed by atoms with van der Waals surface area (Å²) in [5.74, 6) is 1.37. The molecule has 1 aliphatic rings. The average molecular weight is 548 g/mol. The Balaban J connectivity index is 1.56. The molecule has 0 aromatic heterocycles. The van der Waals surface area contributed by atoms with E-state index in [1.165, 1.54) is 4.90 Å². The molecule has 1 saturated heterocycles. The first-order valence-electron chi connectivity index (χ1n) is 12.9. The fourth-order valence-electron chi connectivity index (χ4n) is 4.44. The van der Waals surface area contributed by atoms with Gasteiger partial charge in [0.2, 0.25) is 5.91 Å². The second-order valence-electron chi connectivity index (χ2n) is 9.06. The number of hydrogen-bond acceptors (Lipinski definition) is 6. The fourth-order valence-corrected chi connectivity index (χ4v) is 4.78. The highest BCUT2D eigenvalue weighted by Gasteiger charge is 2.43. The van der Waals surface area contributed by atoms with Gasteiger partial charge in [0.05, 0.1) is 32.9 Å². The van der Waals surface area contributed by atoms with E-state index in [0.717, 1.165) is 17.7 Å². The number of benzene rings is 3. The Labute approximate surface area is 234 Å². The number of hydrogen-bond donors (Lipinski definition) is 1. The van der Waals surface area contributed by atoms with Crippen LogP contribution in [0.25, 0.3) is 0 Å². The minimum Gasteiger partial charge on any atom is -0.494 e. The van der Waals surface area contributed by atoms with E-state index in [1.54, 1.807) is 43.4 Å². The Kier molecular flexibility index (Phi) is 9.38. The summed E-state index contributed by atoms with van der Waals surface area (Å²) < 4.78 is 16.4. The van der Waals surface area contributed by atoms with E-state index in [4.69, 9.17) is 26.4 Å². The lowest BCUT2D eigenvalue weighted by atomic mass is 10.1. The van der Waals surface area contributed by atoms with E-state index in [2.05, 4.69) is 5.32 Å². The number of anilines is 2. The maximum absolute atomic E-state index is 13.7. The lowest BCUT2D eigenvalue weighted by Gasteiger charge is -2.30. The first-order chi connectivity index (χ1) is 18.9. The highest BCUT2D eigenvalue weighted by molar-refractivity contribution is 7.80. The van der Waals surface area contributed by atoms with Crippen LogP contribution in [0, 0.1) is 0 Å². The molecule has 9 heteroatoms. The third-order valence-electron chi connectivity index (χ3n) is 6.44. The number of para-hydroxylation sites is 1. The lowest BCUT2D eigenvalue weighted by Crippen LogP contribution is -2.48. The van der Waals surface area contributed by atoms with Crippen molar-refractivity contribution in [3.8, 4) is 17.2 Å². The Morgan fingerprint density at radius 2 is 1.72 bits per heavy atom. The average Bonchev–Trinajstić information content (AvgIpc) is 3.25. The van der Waals surface area contributed by atoms with Crippen molar-refractivity contribution in [2.75, 3.05) is 37.6 Å². The number of carbonyl (C=O) groups excluding carboxylic acids is 2. The summed E-state index contributed by atoms with van der Waals surface area (Å²) in [6.45, 7) is 3.05. The standard InChI is InChI=1S/C30H33N3O5S/c1-4-18-38-24-13-11-23(12-14-24)33-28(34)20-25(29(33)35)32(30(39)31-22-8-6-5-7-9-22)17-16-21-10-15-26(36-2)27(19-21)37-3/h5-15,19,25H,4,16-18,20H2,1-3H3,(H,31,39). The van der Waals surface area contributed by atoms with Gasteiger partial charge in [-0.05, 0) is 79.2 Å². The SMILES string of the molecule is CCCOc1ccc(N2C(=O)CC(N(CCc3ccc(OC)c(OC)c3)C(=S)Nc3ccccc3)C2=O)cc1. The van der Waals surface area contributed by atoms with Crippen LogP contribution < -0.4 is 24.4 Å². The van der Waals surface area contributed by atoms with Gasteiger partial charge in [-0.2, -0.15) is 0 Å². The maximum Gasteiger partial charge on any atom is 0.257 e. The predicted molar refractivity (Wildman–Crippen MR) is 156 cm³/mol. The molecule has 1 aliphatic heterocycles. The maximum atomic E-state index is 13.7. The second-order valence-corrected chi connectivity index (χ2v) is 9.45. The minimum atomic E-state index is -0.739. The third-order valence-corrected chi connectivity index (χ3v) is 6.78. The number of nitrogens with one attached hydrogen (secondary N) is 1. The highest BCUT2D eigenvalue weighted by atomic mass is 32.1. The molecule has 39 heavy (non-hydrogen) atoms. The van der Waals surface area contributed by atoms with Gasteiger partial charge in [-0.15, -0.1) is 0 Å². The van der Waals surface area contributed by atoms with Gasteiger partial charge < -0.3 is 24.4 Å². The largest absolute Gasteiger partial charge is 0.494 e. The molecule has 204 valence electrons. The van der Waals surface area contributed by atoms with Crippen molar-refractivity contribution in [2.45, 2.75) is 32.2 Å². The smallest absolute Gasteiger partial charge is 0.257 e. The second kappa shape index (κ2) is 13.1. The molecule has 0 radical (unpaired) electrons. The van der Waals surface area contributed by atoms with Gasteiger partial charge in [-0.25, -0.2) is 4.90 Å². The first kappa shape index (κ1) is 27.9. The highest BCUT2D eigenvalue weighted by Crippen LogP contribution is 2.30. The van der Waals surface area contributed by atoms with Crippen LogP contribution in [0.4, 0.5) is 11.4 Å². The number of imide groups is 1. The van der Waals surface area contributed by atoms with Crippen LogP contribution in [0.2, 0.25) is 0 Å². The molecule has 4 rings (SSSR count). The number of carbonyl (C=O) groups is 2. The van der Waals surface area contributed by atoms with Crippen molar-refractivity contribution >= 4 is 40.5 Å². The summed E-state index contributed by atoms with van der Waals surface area (Å²) in [5.41, 5.74) is 2.30. The molecule has 1 N–H and O–H groups in total. The molecule has 1 heterocycles. The molecule has 3 aromatic carbocycles. The van der Waals surface area contributed by atoms with Gasteiger partial charge in [-0.1, -0.05) is 31.2 Å². The lowest BCUT2D eigenvalue weighted by molar-refractivity contribution is -0.122. The number of amides is 2. The van der Waals surface area contributed by atoms with Crippen molar-refractivity contribution in [3.63, 3.8) is 0 Å². The number of nitrogens with zero attached hydrogens (tertiary/aromatic N) is 2. The van der Waals surface area contributed by atoms with E-state index >= 15 is 0 Å². The van der Waals surface area contributed by atoms with Crippen LogP contribution in [0.3, 0.4) is 0 Å². The zero-order valence-corrected chi connectivity index (χ0v) is 23.2. The van der Waals surface area contributed by atoms with Crippen LogP contribution in [0.1, 0.15) is 25.3 Å². The predicted octanol–water partition coefficient (Wildman–Crippen LogP) is 5.07. The van der Waals surface area contributed by atoms with Crippen molar-refractivity contribution in [1.29, 1.82) is 0 Å². The summed E-state index contributed by atoms with van der Waals surface area (Å²) >= 11 is 5.77. The number of thiocarbonyl (C=S) groups is 1.